The van der Waals surface area contributed by atoms with E-state index in [9.17, 15) is 9.59 Å². The van der Waals surface area contributed by atoms with Crippen LogP contribution in [0.2, 0.25) is 15.1 Å². The monoisotopic (exact) mass is 385 g/mol. The number of hydrogen-bond donors (Lipinski definition) is 0. The molecule has 4 nitrogen and oxygen atoms in total. The second-order valence-electron chi connectivity index (χ2n) is 5.51. The van der Waals surface area contributed by atoms with Gasteiger partial charge in [0.15, 0.2) is 0 Å². The normalized spacial score (nSPS) is 13.9. The van der Waals surface area contributed by atoms with Crippen molar-refractivity contribution in [3.05, 3.63) is 44.4 Å². The highest BCUT2D eigenvalue weighted by atomic mass is 35.5. The topological polar surface area (TPSA) is 46.6 Å². The lowest BCUT2D eigenvalue weighted by Gasteiger charge is -2.27. The van der Waals surface area contributed by atoms with Gasteiger partial charge in [0.1, 0.15) is 0 Å². The Kier molecular flexibility index (Phi) is 5.02. The van der Waals surface area contributed by atoms with E-state index >= 15 is 0 Å². The molecule has 0 saturated carbocycles. The van der Waals surface area contributed by atoms with E-state index in [0.717, 1.165) is 24.3 Å². The minimum atomic E-state index is -0.599. The number of carbonyl (C=O) groups excluding carboxylic acids is 2. The second-order valence-corrected chi connectivity index (χ2v) is 6.73. The fourth-order valence-corrected chi connectivity index (χ4v) is 3.71. The summed E-state index contributed by atoms with van der Waals surface area (Å²) < 4.78 is 0. The number of unbranched alkanes of at least 4 members (excludes halogenated alkanes) is 2. The van der Waals surface area contributed by atoms with Crippen LogP contribution in [0.3, 0.4) is 0 Å². The molecule has 0 aromatic heterocycles. The molecule has 126 valence electrons. The Bertz CT molecular complexity index is 851. The van der Waals surface area contributed by atoms with Gasteiger partial charge in [-0.05, 0) is 24.6 Å². The van der Waals surface area contributed by atoms with Crippen molar-refractivity contribution in [1.29, 1.82) is 0 Å². The van der Waals surface area contributed by atoms with Crippen LogP contribution in [-0.4, -0.2) is 23.5 Å². The minimum absolute atomic E-state index is 0.163. The van der Waals surface area contributed by atoms with Crippen molar-refractivity contribution in [3.8, 4) is 0 Å². The molecule has 0 spiro atoms. The van der Waals surface area contributed by atoms with E-state index in [4.69, 9.17) is 39.6 Å². The van der Waals surface area contributed by atoms with E-state index in [2.05, 4.69) is 6.92 Å². The maximum atomic E-state index is 12.7. The quantitative estimate of drug-likeness (QED) is 0.502. The van der Waals surface area contributed by atoms with E-state index in [1.54, 1.807) is 12.1 Å². The predicted octanol–water partition coefficient (Wildman–Crippen LogP) is 5.52. The zero-order valence-electron chi connectivity index (χ0n) is 12.9. The average Bonchev–Trinajstić information content (AvgIpc) is 2.53. The van der Waals surface area contributed by atoms with Gasteiger partial charge >= 0.3 is 0 Å². The van der Waals surface area contributed by atoms with Gasteiger partial charge in [-0.3, -0.25) is 14.4 Å². The molecule has 2 aromatic rings. The smallest absolute Gasteiger partial charge is 0.266 e. The molecule has 0 radical (unpaired) electrons. The molecule has 1 heterocycles. The van der Waals surface area contributed by atoms with Crippen molar-refractivity contribution in [2.45, 2.75) is 26.2 Å². The summed E-state index contributed by atoms with van der Waals surface area (Å²) in [4.78, 5) is 30.8. The van der Waals surface area contributed by atoms with Crippen LogP contribution in [0, 0.1) is 0 Å². The molecular formula is C17H14Cl3NO3. The van der Waals surface area contributed by atoms with Gasteiger partial charge < -0.3 is 0 Å². The maximum Gasteiger partial charge on any atom is 0.287 e. The van der Waals surface area contributed by atoms with Gasteiger partial charge in [0.2, 0.25) is 0 Å². The third-order valence-corrected chi connectivity index (χ3v) is 4.83. The largest absolute Gasteiger partial charge is 0.287 e. The zero-order chi connectivity index (χ0) is 17.4. The number of halogens is 3. The number of nitrogens with zero attached hydrogens (tertiary/aromatic N) is 1. The van der Waals surface area contributed by atoms with E-state index in [0.29, 0.717) is 26.4 Å². The average molecular weight is 387 g/mol. The van der Waals surface area contributed by atoms with Crippen LogP contribution in [0.5, 0.6) is 0 Å². The Balaban J connectivity index is 2.11. The molecule has 0 aliphatic carbocycles. The Morgan fingerprint density at radius 3 is 2.42 bits per heavy atom. The van der Waals surface area contributed by atoms with Gasteiger partial charge in [-0.2, -0.15) is 0 Å². The molecule has 0 unspecified atom stereocenters. The number of hydrogen-bond acceptors (Lipinski definition) is 3. The van der Waals surface area contributed by atoms with E-state index in [1.807, 2.05) is 0 Å². The summed E-state index contributed by atoms with van der Waals surface area (Å²) in [6, 6.07) is 4.59. The van der Waals surface area contributed by atoms with Crippen molar-refractivity contribution >= 4 is 57.4 Å². The molecule has 24 heavy (non-hydrogen) atoms. The molecule has 0 saturated heterocycles. The van der Waals surface area contributed by atoms with Gasteiger partial charge in [0.05, 0.1) is 27.8 Å². The zero-order valence-corrected chi connectivity index (χ0v) is 15.1. The summed E-state index contributed by atoms with van der Waals surface area (Å²) in [7, 11) is 0. The van der Waals surface area contributed by atoms with Crippen molar-refractivity contribution < 1.29 is 14.4 Å². The van der Waals surface area contributed by atoms with Crippen LogP contribution in [0.1, 0.15) is 46.9 Å². The van der Waals surface area contributed by atoms with Crippen LogP contribution in [-0.2, 0) is 4.84 Å². The third-order valence-electron chi connectivity index (χ3n) is 3.92. The lowest BCUT2D eigenvalue weighted by molar-refractivity contribution is -0.0960. The first-order valence-corrected chi connectivity index (χ1v) is 8.72. The molecule has 0 N–H and O–H groups in total. The molecule has 0 bridgehead atoms. The Morgan fingerprint density at radius 2 is 1.71 bits per heavy atom. The van der Waals surface area contributed by atoms with Crippen molar-refractivity contribution in [3.63, 3.8) is 0 Å². The van der Waals surface area contributed by atoms with Gasteiger partial charge in [0.25, 0.3) is 11.8 Å². The second kappa shape index (κ2) is 6.89. The highest BCUT2D eigenvalue weighted by Crippen LogP contribution is 2.41. The van der Waals surface area contributed by atoms with Gasteiger partial charge in [-0.25, -0.2) is 0 Å². The predicted molar refractivity (Wildman–Crippen MR) is 95.0 cm³/mol. The van der Waals surface area contributed by atoms with Crippen LogP contribution in [0.25, 0.3) is 10.8 Å². The first-order chi connectivity index (χ1) is 11.5. The fourth-order valence-electron chi connectivity index (χ4n) is 2.76. The standard InChI is InChI=1S/C17H14Cl3NO3/c1-2-3-4-7-24-21-16(22)9-5-6-10(18)14-11(19)8-12(20)15(13(9)14)17(21)23/h5-6,8H,2-4,7H2,1H3. The molecule has 0 atom stereocenters. The van der Waals surface area contributed by atoms with Crippen LogP contribution in [0.15, 0.2) is 18.2 Å². The van der Waals surface area contributed by atoms with Crippen molar-refractivity contribution in [2.75, 3.05) is 6.61 Å². The summed E-state index contributed by atoms with van der Waals surface area (Å²) in [5.74, 6) is -1.14. The van der Waals surface area contributed by atoms with E-state index in [-0.39, 0.29) is 17.2 Å². The number of rotatable bonds is 5. The van der Waals surface area contributed by atoms with Gasteiger partial charge in [-0.15, -0.1) is 5.06 Å². The first kappa shape index (κ1) is 17.5. The number of imide groups is 1. The summed E-state index contributed by atoms with van der Waals surface area (Å²) in [5.41, 5.74) is 0.479. The van der Waals surface area contributed by atoms with Gasteiger partial charge in [-0.1, -0.05) is 54.6 Å². The summed E-state index contributed by atoms with van der Waals surface area (Å²) in [5, 5.41) is 2.42. The van der Waals surface area contributed by atoms with Crippen molar-refractivity contribution in [1.82, 2.24) is 5.06 Å². The molecule has 2 aromatic carbocycles. The molecule has 0 fully saturated rings. The lowest BCUT2D eigenvalue weighted by Crippen LogP contribution is -2.40. The third kappa shape index (κ3) is 2.78. The highest BCUT2D eigenvalue weighted by Gasteiger charge is 2.36. The molecule has 1 aliphatic heterocycles. The van der Waals surface area contributed by atoms with Gasteiger partial charge in [0, 0.05) is 15.8 Å². The number of benzene rings is 2. The van der Waals surface area contributed by atoms with E-state index < -0.39 is 11.8 Å². The first-order valence-electron chi connectivity index (χ1n) is 7.59. The Hall–Kier alpha value is -1.33. The lowest BCUT2D eigenvalue weighted by atomic mass is 9.95. The Labute approximate surface area is 154 Å². The SMILES string of the molecule is CCCCCON1C(=O)c2ccc(Cl)c3c(Cl)cc(Cl)c(c23)C1=O. The summed E-state index contributed by atoms with van der Waals surface area (Å²) in [6.07, 6.45) is 2.72. The van der Waals surface area contributed by atoms with Crippen molar-refractivity contribution in [2.24, 2.45) is 0 Å². The molecule has 2 amide bonds. The fraction of sp³-hybridized carbons (Fsp3) is 0.294. The Morgan fingerprint density at radius 1 is 0.958 bits per heavy atom. The summed E-state index contributed by atoms with van der Waals surface area (Å²) >= 11 is 18.6. The highest BCUT2D eigenvalue weighted by molar-refractivity contribution is 6.47. The molecular weight excluding hydrogens is 373 g/mol. The van der Waals surface area contributed by atoms with Crippen LogP contribution in [0.4, 0.5) is 0 Å². The number of amides is 2. The molecule has 1 aliphatic rings. The maximum absolute atomic E-state index is 12.7. The minimum Gasteiger partial charge on any atom is -0.266 e. The number of carbonyl (C=O) groups is 2. The summed E-state index contributed by atoms with van der Waals surface area (Å²) in [6.45, 7) is 2.34. The number of hydroxylamine groups is 2. The molecule has 7 heteroatoms. The van der Waals surface area contributed by atoms with E-state index in [1.165, 1.54) is 6.07 Å². The van der Waals surface area contributed by atoms with Crippen LogP contribution >= 0.6 is 34.8 Å². The molecule has 3 rings (SSSR count). The van der Waals surface area contributed by atoms with Crippen LogP contribution < -0.4 is 0 Å².